The topological polar surface area (TPSA) is 38.3 Å². The van der Waals surface area contributed by atoms with E-state index in [1.807, 2.05) is 56.3 Å². The third-order valence-corrected chi connectivity index (χ3v) is 4.16. The Morgan fingerprint density at radius 2 is 1.78 bits per heavy atom. The third kappa shape index (κ3) is 5.61. The van der Waals surface area contributed by atoms with Crippen molar-refractivity contribution in [2.75, 3.05) is 6.61 Å². The van der Waals surface area contributed by atoms with Crippen molar-refractivity contribution in [2.45, 2.75) is 33.2 Å². The number of amides is 1. The number of carbonyl (C=O) groups is 1. The summed E-state index contributed by atoms with van der Waals surface area (Å²) in [6.07, 6.45) is 1.14. The second-order valence-corrected chi connectivity index (χ2v) is 5.96. The molecule has 0 radical (unpaired) electrons. The van der Waals surface area contributed by atoms with Crippen molar-refractivity contribution < 1.29 is 9.53 Å². The molecule has 1 amide bonds. The first-order valence-electron chi connectivity index (χ1n) is 7.76. The zero-order valence-electron chi connectivity index (χ0n) is 13.6. The van der Waals surface area contributed by atoms with Gasteiger partial charge < -0.3 is 10.1 Å². The Morgan fingerprint density at radius 1 is 1.13 bits per heavy atom. The molecule has 23 heavy (non-hydrogen) atoms. The van der Waals surface area contributed by atoms with E-state index in [2.05, 4.69) is 5.32 Å². The molecule has 0 fully saturated rings. The van der Waals surface area contributed by atoms with Crippen LogP contribution >= 0.6 is 11.6 Å². The first kappa shape index (κ1) is 17.4. The summed E-state index contributed by atoms with van der Waals surface area (Å²) < 4.78 is 5.70. The van der Waals surface area contributed by atoms with Crippen LogP contribution < -0.4 is 10.1 Å². The lowest BCUT2D eigenvalue weighted by Gasteiger charge is -2.10. The molecule has 0 unspecified atom stereocenters. The number of nitrogens with one attached hydrogen (secondary N) is 1. The average molecular weight is 332 g/mol. The zero-order chi connectivity index (χ0) is 16.7. The predicted octanol–water partition coefficient (Wildman–Crippen LogP) is 4.43. The Labute approximate surface area is 142 Å². The van der Waals surface area contributed by atoms with Gasteiger partial charge in [0.25, 0.3) is 0 Å². The Bertz CT molecular complexity index is 633. The smallest absolute Gasteiger partial charge is 0.220 e. The van der Waals surface area contributed by atoms with Crippen LogP contribution in [-0.2, 0) is 11.3 Å². The fourth-order valence-corrected chi connectivity index (χ4v) is 2.41. The van der Waals surface area contributed by atoms with Crippen LogP contribution in [-0.4, -0.2) is 12.5 Å². The van der Waals surface area contributed by atoms with E-state index in [0.29, 0.717) is 26.0 Å². The molecule has 0 aromatic heterocycles. The van der Waals surface area contributed by atoms with Crippen LogP contribution in [0, 0.1) is 13.8 Å². The predicted molar refractivity (Wildman–Crippen MR) is 93.9 cm³/mol. The summed E-state index contributed by atoms with van der Waals surface area (Å²) in [4.78, 5) is 11.8. The quantitative estimate of drug-likeness (QED) is 0.762. The van der Waals surface area contributed by atoms with Gasteiger partial charge in [-0.2, -0.15) is 0 Å². The maximum atomic E-state index is 11.8. The maximum Gasteiger partial charge on any atom is 0.220 e. The molecule has 0 saturated carbocycles. The third-order valence-electron chi connectivity index (χ3n) is 3.56. The van der Waals surface area contributed by atoms with Gasteiger partial charge in [-0.15, -0.1) is 0 Å². The van der Waals surface area contributed by atoms with Crippen molar-refractivity contribution >= 4 is 17.5 Å². The summed E-state index contributed by atoms with van der Waals surface area (Å²) in [5.74, 6) is 0.843. The van der Waals surface area contributed by atoms with E-state index in [4.69, 9.17) is 16.3 Å². The number of halogens is 1. The van der Waals surface area contributed by atoms with Crippen LogP contribution in [0.1, 0.15) is 29.5 Å². The van der Waals surface area contributed by atoms with Gasteiger partial charge in [-0.1, -0.05) is 41.9 Å². The van der Waals surface area contributed by atoms with Crippen LogP contribution in [0.5, 0.6) is 5.75 Å². The Morgan fingerprint density at radius 3 is 2.43 bits per heavy atom. The van der Waals surface area contributed by atoms with Crippen molar-refractivity contribution in [1.29, 1.82) is 0 Å². The van der Waals surface area contributed by atoms with Crippen LogP contribution in [0.3, 0.4) is 0 Å². The normalized spacial score (nSPS) is 10.4. The van der Waals surface area contributed by atoms with Gasteiger partial charge in [-0.25, -0.2) is 0 Å². The molecule has 0 aliphatic rings. The molecule has 0 aliphatic heterocycles. The molecule has 3 nitrogen and oxygen atoms in total. The number of benzene rings is 2. The molecule has 2 aromatic carbocycles. The maximum absolute atomic E-state index is 11.8. The fourth-order valence-electron chi connectivity index (χ4n) is 2.30. The van der Waals surface area contributed by atoms with Crippen LogP contribution in [0.2, 0.25) is 5.02 Å². The van der Waals surface area contributed by atoms with E-state index in [1.165, 1.54) is 0 Å². The average Bonchev–Trinajstić information content (AvgIpc) is 2.55. The van der Waals surface area contributed by atoms with Crippen molar-refractivity contribution in [3.63, 3.8) is 0 Å². The molecular weight excluding hydrogens is 310 g/mol. The molecule has 0 heterocycles. The van der Waals surface area contributed by atoms with Gasteiger partial charge in [0.2, 0.25) is 5.91 Å². The number of hydrogen-bond donors (Lipinski definition) is 1. The zero-order valence-corrected chi connectivity index (χ0v) is 14.3. The highest BCUT2D eigenvalue weighted by molar-refractivity contribution is 6.32. The summed E-state index contributed by atoms with van der Waals surface area (Å²) >= 11 is 6.13. The highest BCUT2D eigenvalue weighted by Gasteiger charge is 2.05. The highest BCUT2D eigenvalue weighted by atomic mass is 35.5. The molecule has 122 valence electrons. The minimum Gasteiger partial charge on any atom is -0.494 e. The molecule has 4 heteroatoms. The number of hydrogen-bond acceptors (Lipinski definition) is 2. The van der Waals surface area contributed by atoms with Gasteiger partial charge in [0.15, 0.2) is 0 Å². The van der Waals surface area contributed by atoms with Gasteiger partial charge >= 0.3 is 0 Å². The molecule has 0 bridgehead atoms. The number of ether oxygens (including phenoxy) is 1. The van der Waals surface area contributed by atoms with Gasteiger partial charge in [0.1, 0.15) is 5.75 Å². The second-order valence-electron chi connectivity index (χ2n) is 5.59. The van der Waals surface area contributed by atoms with Crippen LogP contribution in [0.4, 0.5) is 0 Å². The van der Waals surface area contributed by atoms with Crippen LogP contribution in [0.25, 0.3) is 0 Å². The molecule has 0 saturated heterocycles. The molecule has 1 N–H and O–H groups in total. The lowest BCUT2D eigenvalue weighted by Crippen LogP contribution is -2.22. The van der Waals surface area contributed by atoms with Crippen molar-refractivity contribution in [2.24, 2.45) is 0 Å². The van der Waals surface area contributed by atoms with Gasteiger partial charge in [0.05, 0.1) is 6.61 Å². The summed E-state index contributed by atoms with van der Waals surface area (Å²) in [5, 5.41) is 3.69. The summed E-state index contributed by atoms with van der Waals surface area (Å²) in [6.45, 7) is 4.99. The van der Waals surface area contributed by atoms with Gasteiger partial charge in [0, 0.05) is 18.0 Å². The molecule has 2 rings (SSSR count). The molecule has 0 spiro atoms. The highest BCUT2D eigenvalue weighted by Crippen LogP contribution is 2.25. The second kappa shape index (κ2) is 8.59. The lowest BCUT2D eigenvalue weighted by atomic mass is 10.1. The first-order valence-corrected chi connectivity index (χ1v) is 8.14. The van der Waals surface area contributed by atoms with Crippen molar-refractivity contribution in [3.05, 3.63) is 64.2 Å². The van der Waals surface area contributed by atoms with E-state index < -0.39 is 0 Å². The first-order chi connectivity index (χ1) is 11.1. The monoisotopic (exact) mass is 331 g/mol. The molecule has 2 aromatic rings. The van der Waals surface area contributed by atoms with Gasteiger partial charge in [-0.05, 0) is 49.1 Å². The summed E-state index contributed by atoms with van der Waals surface area (Å²) in [5.41, 5.74) is 3.11. The molecule has 0 aliphatic carbocycles. The largest absolute Gasteiger partial charge is 0.494 e. The Balaban J connectivity index is 1.68. The van der Waals surface area contributed by atoms with Crippen LogP contribution in [0.15, 0.2) is 42.5 Å². The summed E-state index contributed by atoms with van der Waals surface area (Å²) in [6, 6.07) is 13.7. The van der Waals surface area contributed by atoms with Crippen molar-refractivity contribution in [3.8, 4) is 5.75 Å². The summed E-state index contributed by atoms with van der Waals surface area (Å²) in [7, 11) is 0. The standard InChI is InChI=1S/C19H22ClNO2/c1-14-11-17(12-15(2)19(14)20)23-10-6-9-18(22)21-13-16-7-4-3-5-8-16/h3-5,7-8,11-12H,6,9-10,13H2,1-2H3,(H,21,22). The van der Waals surface area contributed by atoms with E-state index >= 15 is 0 Å². The molecular formula is C19H22ClNO2. The minimum absolute atomic E-state index is 0.0425. The number of aryl methyl sites for hydroxylation is 2. The van der Waals surface area contributed by atoms with Crippen molar-refractivity contribution in [1.82, 2.24) is 5.32 Å². The number of rotatable bonds is 7. The van der Waals surface area contributed by atoms with E-state index in [1.54, 1.807) is 0 Å². The van der Waals surface area contributed by atoms with E-state index in [0.717, 1.165) is 27.5 Å². The fraction of sp³-hybridized carbons (Fsp3) is 0.316. The van der Waals surface area contributed by atoms with Gasteiger partial charge in [-0.3, -0.25) is 4.79 Å². The molecule has 0 atom stereocenters. The Hall–Kier alpha value is -2.00. The SMILES string of the molecule is Cc1cc(OCCCC(=O)NCc2ccccc2)cc(C)c1Cl. The minimum atomic E-state index is 0.0425. The van der Waals surface area contributed by atoms with E-state index in [-0.39, 0.29) is 5.91 Å². The number of carbonyl (C=O) groups excluding carboxylic acids is 1. The van der Waals surface area contributed by atoms with E-state index in [9.17, 15) is 4.79 Å². The lowest BCUT2D eigenvalue weighted by molar-refractivity contribution is -0.121. The Kier molecular flexibility index (Phi) is 6.48.